The summed E-state index contributed by atoms with van der Waals surface area (Å²) < 4.78 is 5.59. The third-order valence-electron chi connectivity index (χ3n) is 4.55. The van der Waals surface area contributed by atoms with Crippen LogP contribution in [0.2, 0.25) is 0 Å². The molecule has 0 aromatic rings. The second-order valence-electron chi connectivity index (χ2n) is 7.33. The van der Waals surface area contributed by atoms with Crippen molar-refractivity contribution < 1.29 is 4.74 Å². The van der Waals surface area contributed by atoms with Gasteiger partial charge in [-0.25, -0.2) is 0 Å². The molecule has 0 saturated carbocycles. The molecule has 0 radical (unpaired) electrons. The van der Waals surface area contributed by atoms with E-state index in [1.54, 1.807) is 0 Å². The zero-order valence-corrected chi connectivity index (χ0v) is 17.2. The average molecular weight is 411 g/mol. The van der Waals surface area contributed by atoms with Gasteiger partial charge in [-0.2, -0.15) is 0 Å². The van der Waals surface area contributed by atoms with Crippen molar-refractivity contribution >= 4 is 29.9 Å². The Morgan fingerprint density at radius 3 is 2.33 bits per heavy atom. The average Bonchev–Trinajstić information content (AvgIpc) is 2.35. The molecule has 0 aromatic heterocycles. The Hall–Kier alpha value is -0.0400. The van der Waals surface area contributed by atoms with Gasteiger partial charge >= 0.3 is 0 Å². The van der Waals surface area contributed by atoms with Crippen LogP contribution in [0.15, 0.2) is 4.99 Å². The van der Waals surface area contributed by atoms with E-state index in [1.165, 1.54) is 0 Å². The molecule has 21 heavy (non-hydrogen) atoms. The van der Waals surface area contributed by atoms with Crippen molar-refractivity contribution in [3.63, 3.8) is 0 Å². The first-order valence-electron chi connectivity index (χ1n) is 7.78. The molecule has 1 fully saturated rings. The van der Waals surface area contributed by atoms with E-state index >= 15 is 0 Å². The Balaban J connectivity index is 0.00000400. The minimum Gasteiger partial charge on any atom is -0.381 e. The van der Waals surface area contributed by atoms with E-state index in [0.717, 1.165) is 38.7 Å². The SMILES string of the molecule is CN=C(NCCCOCC(C)C)N1CC(C)(C)C1(C)C.I. The van der Waals surface area contributed by atoms with E-state index in [2.05, 4.69) is 56.8 Å². The number of rotatable bonds is 6. The Morgan fingerprint density at radius 1 is 1.29 bits per heavy atom. The monoisotopic (exact) mass is 411 g/mol. The third kappa shape index (κ3) is 5.27. The van der Waals surface area contributed by atoms with Crippen LogP contribution in [-0.4, -0.2) is 49.7 Å². The van der Waals surface area contributed by atoms with Gasteiger partial charge in [0.1, 0.15) is 0 Å². The van der Waals surface area contributed by atoms with Crippen molar-refractivity contribution in [2.45, 2.75) is 53.5 Å². The number of guanidine groups is 1. The van der Waals surface area contributed by atoms with Gasteiger partial charge in [0.2, 0.25) is 0 Å². The first-order chi connectivity index (χ1) is 9.22. The minimum absolute atomic E-state index is 0. The summed E-state index contributed by atoms with van der Waals surface area (Å²) in [5.41, 5.74) is 0.494. The summed E-state index contributed by atoms with van der Waals surface area (Å²) in [5, 5.41) is 3.45. The highest BCUT2D eigenvalue weighted by Crippen LogP contribution is 2.46. The lowest BCUT2D eigenvalue weighted by atomic mass is 9.65. The molecular formula is C16H34IN3O. The van der Waals surface area contributed by atoms with Crippen LogP contribution >= 0.6 is 24.0 Å². The second kappa shape index (κ2) is 8.56. The smallest absolute Gasteiger partial charge is 0.194 e. The Morgan fingerprint density at radius 2 is 1.90 bits per heavy atom. The van der Waals surface area contributed by atoms with Crippen molar-refractivity contribution in [2.75, 3.05) is 33.4 Å². The fraction of sp³-hybridized carbons (Fsp3) is 0.938. The number of nitrogens with zero attached hydrogens (tertiary/aromatic N) is 2. The predicted octanol–water partition coefficient (Wildman–Crippen LogP) is 3.36. The van der Waals surface area contributed by atoms with Gasteiger partial charge < -0.3 is 15.0 Å². The van der Waals surface area contributed by atoms with Crippen LogP contribution in [0.5, 0.6) is 0 Å². The van der Waals surface area contributed by atoms with Gasteiger partial charge in [0.05, 0.1) is 0 Å². The largest absolute Gasteiger partial charge is 0.381 e. The highest BCUT2D eigenvalue weighted by atomic mass is 127. The summed E-state index contributed by atoms with van der Waals surface area (Å²) in [5.74, 6) is 1.62. The third-order valence-corrected chi connectivity index (χ3v) is 4.55. The molecule has 1 rings (SSSR count). The standard InChI is InChI=1S/C16H33N3O.HI/c1-13(2)11-20-10-8-9-18-14(17-7)19-12-15(3,4)16(19,5)6;/h13H,8-12H2,1-7H3,(H,17,18);1H. The van der Waals surface area contributed by atoms with Crippen molar-refractivity contribution in [3.8, 4) is 0 Å². The Labute approximate surface area is 148 Å². The van der Waals surface area contributed by atoms with Gasteiger partial charge in [-0.05, 0) is 26.2 Å². The van der Waals surface area contributed by atoms with E-state index < -0.39 is 0 Å². The molecule has 4 nitrogen and oxygen atoms in total. The molecule has 126 valence electrons. The molecule has 1 heterocycles. The number of nitrogens with one attached hydrogen (secondary N) is 1. The van der Waals surface area contributed by atoms with Crippen molar-refractivity contribution in [3.05, 3.63) is 0 Å². The molecule has 0 unspecified atom stereocenters. The van der Waals surface area contributed by atoms with Crippen molar-refractivity contribution in [2.24, 2.45) is 16.3 Å². The lowest BCUT2D eigenvalue weighted by Crippen LogP contribution is -2.72. The molecule has 0 aliphatic carbocycles. The summed E-state index contributed by atoms with van der Waals surface area (Å²) in [6, 6.07) is 0. The minimum atomic E-state index is 0. The number of hydrogen-bond acceptors (Lipinski definition) is 2. The molecule has 1 aliphatic heterocycles. The van der Waals surface area contributed by atoms with Gasteiger partial charge in [-0.3, -0.25) is 4.99 Å². The lowest BCUT2D eigenvalue weighted by Gasteiger charge is -2.62. The normalized spacial score (nSPS) is 20.0. The Kier molecular flexibility index (Phi) is 8.54. The van der Waals surface area contributed by atoms with E-state index in [0.29, 0.717) is 11.3 Å². The molecule has 0 aromatic carbocycles. The van der Waals surface area contributed by atoms with Gasteiger partial charge in [0.25, 0.3) is 0 Å². The predicted molar refractivity (Wildman–Crippen MR) is 102 cm³/mol. The summed E-state index contributed by atoms with van der Waals surface area (Å²) in [4.78, 5) is 6.77. The van der Waals surface area contributed by atoms with Crippen LogP contribution in [0.1, 0.15) is 48.0 Å². The van der Waals surface area contributed by atoms with Crippen LogP contribution in [0, 0.1) is 11.3 Å². The van der Waals surface area contributed by atoms with Crippen LogP contribution < -0.4 is 5.32 Å². The lowest BCUT2D eigenvalue weighted by molar-refractivity contribution is -0.0667. The van der Waals surface area contributed by atoms with Crippen molar-refractivity contribution in [1.82, 2.24) is 10.2 Å². The number of aliphatic imine (C=N–C) groups is 1. The number of hydrogen-bond donors (Lipinski definition) is 1. The first kappa shape index (κ1) is 21.0. The molecule has 0 spiro atoms. The topological polar surface area (TPSA) is 36.9 Å². The second-order valence-corrected chi connectivity index (χ2v) is 7.33. The maximum absolute atomic E-state index is 5.59. The quantitative estimate of drug-likeness (QED) is 0.315. The maximum atomic E-state index is 5.59. The van der Waals surface area contributed by atoms with E-state index in [4.69, 9.17) is 4.74 Å². The van der Waals surface area contributed by atoms with Crippen LogP contribution in [0.4, 0.5) is 0 Å². The molecule has 0 atom stereocenters. The van der Waals surface area contributed by atoms with Gasteiger partial charge in [0.15, 0.2) is 5.96 Å². The van der Waals surface area contributed by atoms with Gasteiger partial charge in [-0.15, -0.1) is 24.0 Å². The molecule has 0 amide bonds. The fourth-order valence-corrected chi connectivity index (χ4v) is 2.39. The maximum Gasteiger partial charge on any atom is 0.194 e. The van der Waals surface area contributed by atoms with Gasteiger partial charge in [0, 0.05) is 44.3 Å². The Bertz CT molecular complexity index is 340. The first-order valence-corrected chi connectivity index (χ1v) is 7.78. The summed E-state index contributed by atoms with van der Waals surface area (Å²) >= 11 is 0. The van der Waals surface area contributed by atoms with E-state index in [-0.39, 0.29) is 29.5 Å². The number of likely N-dealkylation sites (tertiary alicyclic amines) is 1. The van der Waals surface area contributed by atoms with Gasteiger partial charge in [-0.1, -0.05) is 27.7 Å². The van der Waals surface area contributed by atoms with Crippen LogP contribution in [0.3, 0.4) is 0 Å². The molecule has 1 aliphatic rings. The zero-order valence-electron chi connectivity index (χ0n) is 14.8. The molecule has 0 bridgehead atoms. The van der Waals surface area contributed by atoms with Crippen molar-refractivity contribution in [1.29, 1.82) is 0 Å². The molecule has 5 heteroatoms. The number of ether oxygens (including phenoxy) is 1. The highest BCUT2D eigenvalue weighted by molar-refractivity contribution is 14.0. The van der Waals surface area contributed by atoms with Crippen LogP contribution in [0.25, 0.3) is 0 Å². The zero-order chi connectivity index (χ0) is 15.4. The molecule has 1 saturated heterocycles. The summed E-state index contributed by atoms with van der Waals surface area (Å²) in [7, 11) is 1.86. The molecule has 1 N–H and O–H groups in total. The van der Waals surface area contributed by atoms with E-state index in [1.807, 2.05) is 7.05 Å². The highest BCUT2D eigenvalue weighted by Gasteiger charge is 2.53. The van der Waals surface area contributed by atoms with E-state index in [9.17, 15) is 0 Å². The summed E-state index contributed by atoms with van der Waals surface area (Å²) in [6.07, 6.45) is 1.02. The summed E-state index contributed by atoms with van der Waals surface area (Å²) in [6.45, 7) is 17.2. The fourth-order valence-electron chi connectivity index (χ4n) is 2.39. The number of halogens is 1. The molecular weight excluding hydrogens is 377 g/mol. The van der Waals surface area contributed by atoms with Crippen LogP contribution in [-0.2, 0) is 4.74 Å².